The second kappa shape index (κ2) is 5.52. The summed E-state index contributed by atoms with van der Waals surface area (Å²) in [4.78, 5) is 19.2. The monoisotopic (exact) mass is 339 g/mol. The van der Waals surface area contributed by atoms with Crippen LogP contribution in [-0.4, -0.2) is 28.7 Å². The van der Waals surface area contributed by atoms with Gasteiger partial charge in [-0.25, -0.2) is 0 Å². The van der Waals surface area contributed by atoms with Crippen molar-refractivity contribution in [1.29, 1.82) is 5.41 Å². The highest BCUT2D eigenvalue weighted by Gasteiger charge is 2.39. The second-order valence-electron chi connectivity index (χ2n) is 7.29. The van der Waals surface area contributed by atoms with Gasteiger partial charge in [0.25, 0.3) is 0 Å². The third kappa shape index (κ3) is 2.67. The maximum Gasteiger partial charge on any atom is 0.228 e. The zero-order chi connectivity index (χ0) is 16.9. The summed E-state index contributed by atoms with van der Waals surface area (Å²) < 4.78 is 0. The Morgan fingerprint density at radius 1 is 1.25 bits per heavy atom. The Bertz CT molecular complexity index is 804. The van der Waals surface area contributed by atoms with Crippen LogP contribution in [0.25, 0.3) is 11.1 Å². The molecule has 2 aliphatic rings. The first-order chi connectivity index (χ1) is 11.5. The number of aromatic nitrogens is 1. The molecule has 0 radical (unpaired) electrons. The zero-order valence-electron chi connectivity index (χ0n) is 14.0. The first-order valence-corrected chi connectivity index (χ1v) is 9.22. The molecule has 3 heterocycles. The van der Waals surface area contributed by atoms with Crippen LogP contribution in [0.1, 0.15) is 49.0 Å². The largest absolute Gasteiger partial charge is 0.304 e. The van der Waals surface area contributed by atoms with Gasteiger partial charge in [0.1, 0.15) is 5.84 Å². The van der Waals surface area contributed by atoms with Crippen LogP contribution in [0, 0.1) is 5.41 Å². The number of carbonyl (C=O) groups excluding carboxylic acids is 1. The van der Waals surface area contributed by atoms with Gasteiger partial charge in [0.05, 0.1) is 0 Å². The van der Waals surface area contributed by atoms with Crippen LogP contribution in [0.3, 0.4) is 0 Å². The minimum Gasteiger partial charge on any atom is -0.304 e. The lowest BCUT2D eigenvalue weighted by molar-refractivity contribution is -0.128. The van der Waals surface area contributed by atoms with Crippen molar-refractivity contribution in [3.05, 3.63) is 40.3 Å². The maximum absolute atomic E-state index is 12.2. The lowest BCUT2D eigenvalue weighted by Crippen LogP contribution is -2.46. The van der Waals surface area contributed by atoms with E-state index in [4.69, 9.17) is 5.41 Å². The van der Waals surface area contributed by atoms with Crippen molar-refractivity contribution in [1.82, 2.24) is 9.88 Å². The van der Waals surface area contributed by atoms with Crippen LogP contribution in [0.2, 0.25) is 0 Å². The van der Waals surface area contributed by atoms with E-state index in [2.05, 4.69) is 29.4 Å². The van der Waals surface area contributed by atoms with Crippen molar-refractivity contribution < 1.29 is 4.79 Å². The lowest BCUT2D eigenvalue weighted by Gasteiger charge is -2.36. The van der Waals surface area contributed by atoms with Crippen molar-refractivity contribution in [2.24, 2.45) is 0 Å². The van der Waals surface area contributed by atoms with Crippen LogP contribution in [0.15, 0.2) is 29.9 Å². The van der Waals surface area contributed by atoms with Gasteiger partial charge >= 0.3 is 0 Å². The number of thiophene rings is 1. The Labute approximate surface area is 146 Å². The van der Waals surface area contributed by atoms with E-state index >= 15 is 0 Å². The molecule has 1 aliphatic carbocycles. The fraction of sp³-hybridized carbons (Fsp3) is 0.421. The zero-order valence-corrected chi connectivity index (χ0v) is 14.8. The first-order valence-electron chi connectivity index (χ1n) is 8.34. The van der Waals surface area contributed by atoms with E-state index in [1.54, 1.807) is 18.4 Å². The number of likely N-dealkylation sites (tertiary alicyclic amines) is 1. The van der Waals surface area contributed by atoms with Crippen molar-refractivity contribution in [3.63, 3.8) is 0 Å². The molecule has 1 saturated heterocycles. The highest BCUT2D eigenvalue weighted by molar-refractivity contribution is 7.10. The van der Waals surface area contributed by atoms with Crippen molar-refractivity contribution in [3.8, 4) is 11.1 Å². The molecule has 1 amide bonds. The molecule has 124 valence electrons. The fourth-order valence-corrected chi connectivity index (χ4v) is 4.47. The topological polar surface area (TPSA) is 57.1 Å². The molecule has 0 spiro atoms. The van der Waals surface area contributed by atoms with E-state index in [0.717, 1.165) is 5.56 Å². The van der Waals surface area contributed by atoms with Gasteiger partial charge in [-0.05, 0) is 47.4 Å². The van der Waals surface area contributed by atoms with Crippen LogP contribution < -0.4 is 0 Å². The highest BCUT2D eigenvalue weighted by atomic mass is 32.1. The van der Waals surface area contributed by atoms with E-state index in [1.165, 1.54) is 33.7 Å². The van der Waals surface area contributed by atoms with Gasteiger partial charge in [-0.1, -0.05) is 6.92 Å². The summed E-state index contributed by atoms with van der Waals surface area (Å²) in [5.41, 5.74) is 3.39. The van der Waals surface area contributed by atoms with Gasteiger partial charge in [-0.15, -0.1) is 11.3 Å². The molecule has 5 heteroatoms. The molecule has 2 fully saturated rings. The summed E-state index contributed by atoms with van der Waals surface area (Å²) in [6.07, 6.45) is 7.52. The minimum absolute atomic E-state index is 0.0288. The molecule has 0 aromatic carbocycles. The minimum atomic E-state index is -0.273. The molecule has 1 aliphatic heterocycles. The number of rotatable bonds is 3. The molecule has 1 N–H and O–H groups in total. The van der Waals surface area contributed by atoms with Crippen molar-refractivity contribution in [2.45, 2.75) is 43.9 Å². The SMILES string of the molecule is CN1C(=N)C[C@](C)(c2cc(-c3cncc(C4CC4)c3)cs2)CC1=O. The van der Waals surface area contributed by atoms with Gasteiger partial charge in [0.2, 0.25) is 5.91 Å². The summed E-state index contributed by atoms with van der Waals surface area (Å²) in [6, 6.07) is 4.44. The lowest BCUT2D eigenvalue weighted by atomic mass is 9.78. The Kier molecular flexibility index (Phi) is 3.57. The number of hydrogen-bond donors (Lipinski definition) is 1. The highest BCUT2D eigenvalue weighted by Crippen LogP contribution is 2.43. The standard InChI is InChI=1S/C19H21N3OS/c1-19(7-17(20)22(2)18(23)8-19)16-6-15(11-24-16)14-5-13(9-21-10-14)12-3-4-12/h5-6,9-12,20H,3-4,7-8H2,1-2H3/t19-/m0/s1. The number of carbonyl (C=O) groups is 1. The fourth-order valence-electron chi connectivity index (χ4n) is 3.39. The smallest absolute Gasteiger partial charge is 0.228 e. The number of hydrogen-bond acceptors (Lipinski definition) is 4. The van der Waals surface area contributed by atoms with Crippen molar-refractivity contribution in [2.75, 3.05) is 7.05 Å². The Morgan fingerprint density at radius 2 is 2.04 bits per heavy atom. The molecular formula is C19H21N3OS. The van der Waals surface area contributed by atoms with E-state index < -0.39 is 0 Å². The van der Waals surface area contributed by atoms with E-state index in [-0.39, 0.29) is 11.3 Å². The van der Waals surface area contributed by atoms with Gasteiger partial charge in [-0.3, -0.25) is 15.2 Å². The summed E-state index contributed by atoms with van der Waals surface area (Å²) >= 11 is 1.69. The number of nitrogens with one attached hydrogen (secondary N) is 1. The Morgan fingerprint density at radius 3 is 2.75 bits per heavy atom. The molecule has 2 aromatic rings. The van der Waals surface area contributed by atoms with Gasteiger partial charge in [0.15, 0.2) is 0 Å². The average molecular weight is 339 g/mol. The Balaban J connectivity index is 1.64. The number of amidine groups is 1. The van der Waals surface area contributed by atoms with E-state index in [9.17, 15) is 4.79 Å². The predicted molar refractivity (Wildman–Crippen MR) is 96.6 cm³/mol. The summed E-state index contributed by atoms with van der Waals surface area (Å²) in [5.74, 6) is 1.13. The Hall–Kier alpha value is -2.01. The molecule has 4 nitrogen and oxygen atoms in total. The summed E-state index contributed by atoms with van der Waals surface area (Å²) in [7, 11) is 1.69. The van der Waals surface area contributed by atoms with E-state index in [0.29, 0.717) is 24.6 Å². The second-order valence-corrected chi connectivity index (χ2v) is 8.21. The molecule has 1 atom stereocenters. The summed E-state index contributed by atoms with van der Waals surface area (Å²) in [6.45, 7) is 2.10. The van der Waals surface area contributed by atoms with Crippen LogP contribution in [0.4, 0.5) is 0 Å². The van der Waals surface area contributed by atoms with Gasteiger partial charge in [0, 0.05) is 48.1 Å². The maximum atomic E-state index is 12.2. The first kappa shape index (κ1) is 15.5. The number of nitrogens with zero attached hydrogens (tertiary/aromatic N) is 2. The van der Waals surface area contributed by atoms with Crippen LogP contribution >= 0.6 is 11.3 Å². The number of piperidine rings is 1. The molecule has 1 saturated carbocycles. The third-order valence-electron chi connectivity index (χ3n) is 5.21. The van der Waals surface area contributed by atoms with Gasteiger partial charge in [-0.2, -0.15) is 0 Å². The van der Waals surface area contributed by atoms with Gasteiger partial charge < -0.3 is 4.90 Å². The quantitative estimate of drug-likeness (QED) is 0.912. The molecule has 0 bridgehead atoms. The number of amides is 1. The number of pyridine rings is 1. The molecule has 4 rings (SSSR count). The van der Waals surface area contributed by atoms with Crippen molar-refractivity contribution >= 4 is 23.1 Å². The normalized spacial score (nSPS) is 24.5. The molecule has 2 aromatic heterocycles. The third-order valence-corrected chi connectivity index (χ3v) is 6.45. The molecule has 0 unspecified atom stereocenters. The summed E-state index contributed by atoms with van der Waals surface area (Å²) in [5, 5.41) is 10.2. The van der Waals surface area contributed by atoms with Crippen LogP contribution in [-0.2, 0) is 10.2 Å². The molecule has 24 heavy (non-hydrogen) atoms. The van der Waals surface area contributed by atoms with Crippen LogP contribution in [0.5, 0.6) is 0 Å². The van der Waals surface area contributed by atoms with E-state index in [1.807, 2.05) is 12.4 Å². The predicted octanol–water partition coefficient (Wildman–Crippen LogP) is 4.17. The average Bonchev–Trinajstić information content (AvgIpc) is 3.29. The molecular weight excluding hydrogens is 318 g/mol.